The van der Waals surface area contributed by atoms with Gasteiger partial charge >= 0.3 is 0 Å². The van der Waals surface area contributed by atoms with E-state index in [4.69, 9.17) is 0 Å². The van der Waals surface area contributed by atoms with E-state index in [1.807, 2.05) is 0 Å². The van der Waals surface area contributed by atoms with Crippen LogP contribution >= 0.6 is 0 Å². The predicted octanol–water partition coefficient (Wildman–Crippen LogP) is 2.05. The summed E-state index contributed by atoms with van der Waals surface area (Å²) in [6, 6.07) is 7.19. The Morgan fingerprint density at radius 1 is 1.08 bits per heavy atom. The van der Waals surface area contributed by atoms with Gasteiger partial charge in [0.1, 0.15) is 0 Å². The number of fused-ring (bicyclic) bond motifs is 1. The average Bonchev–Trinajstić information content (AvgIpc) is 2.92. The lowest BCUT2D eigenvalue weighted by Gasteiger charge is -2.32. The van der Waals surface area contributed by atoms with E-state index >= 15 is 0 Å². The van der Waals surface area contributed by atoms with E-state index in [0.29, 0.717) is 36.6 Å². The fraction of sp³-hybridized carbons (Fsp3) is 0.550. The normalized spacial score (nSPS) is 18.7. The Hall–Kier alpha value is -2.21. The number of likely N-dealkylation sites (tertiary alicyclic amines) is 1. The molecular weight excluding hydrogens is 330 g/mol. The number of nitrogens with one attached hydrogen (secondary N) is 1. The first-order valence-corrected chi connectivity index (χ1v) is 9.54. The molecule has 26 heavy (non-hydrogen) atoms. The number of hydrogen-bond acceptors (Lipinski definition) is 4. The van der Waals surface area contributed by atoms with Crippen molar-refractivity contribution in [1.82, 2.24) is 15.1 Å². The smallest absolute Gasteiger partial charge is 0.261 e. The van der Waals surface area contributed by atoms with Crippen LogP contribution < -0.4 is 5.32 Å². The highest BCUT2D eigenvalue weighted by Crippen LogP contribution is 2.22. The van der Waals surface area contributed by atoms with Crippen LogP contribution in [0.3, 0.4) is 0 Å². The van der Waals surface area contributed by atoms with E-state index in [0.717, 1.165) is 13.1 Å². The maximum Gasteiger partial charge on any atom is 0.261 e. The molecule has 1 saturated heterocycles. The number of amides is 3. The van der Waals surface area contributed by atoms with Crippen molar-refractivity contribution in [1.29, 1.82) is 0 Å². The third kappa shape index (κ3) is 4.12. The molecule has 2 heterocycles. The maximum atomic E-state index is 12.3. The van der Waals surface area contributed by atoms with Gasteiger partial charge in [-0.15, -0.1) is 0 Å². The molecular formula is C20H27N3O3. The van der Waals surface area contributed by atoms with Crippen LogP contribution in [0.2, 0.25) is 0 Å². The van der Waals surface area contributed by atoms with Crippen molar-refractivity contribution < 1.29 is 14.4 Å². The molecule has 3 amide bonds. The van der Waals surface area contributed by atoms with Gasteiger partial charge in [0.2, 0.25) is 5.91 Å². The first kappa shape index (κ1) is 18.6. The van der Waals surface area contributed by atoms with Crippen LogP contribution in [-0.4, -0.2) is 59.7 Å². The number of rotatable bonds is 7. The second-order valence-corrected chi connectivity index (χ2v) is 7.16. The summed E-state index contributed by atoms with van der Waals surface area (Å²) in [6.07, 6.45) is 4.57. The molecule has 1 aromatic carbocycles. The highest BCUT2D eigenvalue weighted by atomic mass is 16.2. The molecule has 1 atom stereocenters. The van der Waals surface area contributed by atoms with Crippen LogP contribution in [0, 0.1) is 0 Å². The van der Waals surface area contributed by atoms with Crippen molar-refractivity contribution >= 4 is 17.7 Å². The zero-order valence-electron chi connectivity index (χ0n) is 15.4. The van der Waals surface area contributed by atoms with Gasteiger partial charge < -0.3 is 5.32 Å². The molecule has 6 heteroatoms. The fourth-order valence-corrected chi connectivity index (χ4v) is 3.68. The summed E-state index contributed by atoms with van der Waals surface area (Å²) >= 11 is 0. The quantitative estimate of drug-likeness (QED) is 0.759. The Balaban J connectivity index is 1.39. The first-order valence-electron chi connectivity index (χ1n) is 9.54. The van der Waals surface area contributed by atoms with Crippen molar-refractivity contribution in [3.63, 3.8) is 0 Å². The van der Waals surface area contributed by atoms with Crippen molar-refractivity contribution in [3.8, 4) is 0 Å². The van der Waals surface area contributed by atoms with Crippen molar-refractivity contribution in [2.24, 2.45) is 0 Å². The molecule has 0 aliphatic carbocycles. The van der Waals surface area contributed by atoms with Crippen LogP contribution in [-0.2, 0) is 4.79 Å². The van der Waals surface area contributed by atoms with Gasteiger partial charge in [-0.2, -0.15) is 0 Å². The van der Waals surface area contributed by atoms with Gasteiger partial charge in [-0.05, 0) is 51.4 Å². The summed E-state index contributed by atoms with van der Waals surface area (Å²) in [7, 11) is 0. The number of piperidine rings is 1. The molecule has 0 saturated carbocycles. The summed E-state index contributed by atoms with van der Waals surface area (Å²) in [4.78, 5) is 40.3. The fourth-order valence-electron chi connectivity index (χ4n) is 3.68. The SMILES string of the molecule is CC(CNC(=O)CCCN1C(=O)c2ccccc2C1=O)N1CCCCC1. The molecule has 0 bridgehead atoms. The molecule has 2 aliphatic heterocycles. The number of imide groups is 1. The van der Waals surface area contributed by atoms with Crippen molar-refractivity contribution in [2.75, 3.05) is 26.2 Å². The molecule has 1 N–H and O–H groups in total. The van der Waals surface area contributed by atoms with E-state index in [-0.39, 0.29) is 24.3 Å². The lowest BCUT2D eigenvalue weighted by molar-refractivity contribution is -0.121. The highest BCUT2D eigenvalue weighted by molar-refractivity contribution is 6.21. The highest BCUT2D eigenvalue weighted by Gasteiger charge is 2.34. The molecule has 1 aromatic rings. The van der Waals surface area contributed by atoms with Crippen LogP contribution in [0.1, 0.15) is 59.7 Å². The van der Waals surface area contributed by atoms with Gasteiger partial charge in [-0.1, -0.05) is 18.6 Å². The van der Waals surface area contributed by atoms with Crippen molar-refractivity contribution in [2.45, 2.75) is 45.1 Å². The molecule has 1 unspecified atom stereocenters. The lowest BCUT2D eigenvalue weighted by atomic mass is 10.1. The lowest BCUT2D eigenvalue weighted by Crippen LogP contribution is -2.44. The summed E-state index contributed by atoms with van der Waals surface area (Å²) in [6.45, 7) is 5.28. The van der Waals surface area contributed by atoms with Gasteiger partial charge in [-0.3, -0.25) is 24.2 Å². The van der Waals surface area contributed by atoms with Crippen LogP contribution in [0.25, 0.3) is 0 Å². The molecule has 0 spiro atoms. The predicted molar refractivity (Wildman–Crippen MR) is 98.9 cm³/mol. The van der Waals surface area contributed by atoms with E-state index < -0.39 is 0 Å². The third-order valence-electron chi connectivity index (χ3n) is 5.27. The second kappa shape index (κ2) is 8.45. The van der Waals surface area contributed by atoms with Crippen LogP contribution in [0.5, 0.6) is 0 Å². The van der Waals surface area contributed by atoms with E-state index in [1.54, 1.807) is 24.3 Å². The van der Waals surface area contributed by atoms with E-state index in [9.17, 15) is 14.4 Å². The van der Waals surface area contributed by atoms with Crippen molar-refractivity contribution in [3.05, 3.63) is 35.4 Å². The largest absolute Gasteiger partial charge is 0.355 e. The molecule has 140 valence electrons. The van der Waals surface area contributed by atoms with Crippen LogP contribution in [0.15, 0.2) is 24.3 Å². The summed E-state index contributed by atoms with van der Waals surface area (Å²) in [5.41, 5.74) is 0.912. The van der Waals surface area contributed by atoms with Gasteiger partial charge in [0.05, 0.1) is 11.1 Å². The molecule has 0 aromatic heterocycles. The number of carbonyl (C=O) groups excluding carboxylic acids is 3. The maximum absolute atomic E-state index is 12.3. The third-order valence-corrected chi connectivity index (χ3v) is 5.27. The summed E-state index contributed by atoms with van der Waals surface area (Å²) in [5, 5.41) is 2.98. The van der Waals surface area contributed by atoms with E-state index in [2.05, 4.69) is 17.1 Å². The summed E-state index contributed by atoms with van der Waals surface area (Å²) < 4.78 is 0. The Morgan fingerprint density at radius 3 is 2.31 bits per heavy atom. The molecule has 1 fully saturated rings. The molecule has 2 aliphatic rings. The van der Waals surface area contributed by atoms with E-state index in [1.165, 1.54) is 24.2 Å². The monoisotopic (exact) mass is 357 g/mol. The number of carbonyl (C=O) groups is 3. The zero-order chi connectivity index (χ0) is 18.5. The first-order chi connectivity index (χ1) is 12.6. The number of hydrogen-bond donors (Lipinski definition) is 1. The molecule has 0 radical (unpaired) electrons. The van der Waals surface area contributed by atoms with Gasteiger partial charge in [0, 0.05) is 25.6 Å². The van der Waals surface area contributed by atoms with Gasteiger partial charge in [0.25, 0.3) is 11.8 Å². The Bertz CT molecular complexity index is 648. The minimum Gasteiger partial charge on any atom is -0.355 e. The standard InChI is InChI=1S/C20H27N3O3/c1-15(22-11-5-2-6-12-22)14-21-18(24)10-7-13-23-19(25)16-8-3-4-9-17(16)20(23)26/h3-4,8-9,15H,2,5-7,10-14H2,1H3,(H,21,24). The van der Waals surface area contributed by atoms with Gasteiger partial charge in [0.15, 0.2) is 0 Å². The molecule has 3 rings (SSSR count). The van der Waals surface area contributed by atoms with Crippen LogP contribution in [0.4, 0.5) is 0 Å². The number of nitrogens with zero attached hydrogens (tertiary/aromatic N) is 2. The molecule has 6 nitrogen and oxygen atoms in total. The second-order valence-electron chi connectivity index (χ2n) is 7.16. The topological polar surface area (TPSA) is 69.7 Å². The Labute approximate surface area is 154 Å². The Morgan fingerprint density at radius 2 is 1.69 bits per heavy atom. The summed E-state index contributed by atoms with van der Waals surface area (Å²) in [5.74, 6) is -0.542. The average molecular weight is 357 g/mol. The number of benzene rings is 1. The zero-order valence-corrected chi connectivity index (χ0v) is 15.4. The minimum absolute atomic E-state index is 0.0227. The Kier molecular flexibility index (Phi) is 6.04. The minimum atomic E-state index is -0.260. The van der Waals surface area contributed by atoms with Gasteiger partial charge in [-0.25, -0.2) is 0 Å².